The van der Waals surface area contributed by atoms with Gasteiger partial charge >= 0.3 is 6.18 Å². The fourth-order valence-corrected chi connectivity index (χ4v) is 4.87. The third-order valence-corrected chi connectivity index (χ3v) is 7.62. The number of fused-ring (bicyclic) bond motifs is 1. The number of ether oxygens (including phenoxy) is 3. The summed E-state index contributed by atoms with van der Waals surface area (Å²) >= 11 is 0. The molecule has 2 aliphatic rings. The van der Waals surface area contributed by atoms with Gasteiger partial charge < -0.3 is 19.3 Å². The minimum Gasteiger partial charge on any atom is -0.493 e. The average molecular weight is 574 g/mol. The minimum absolute atomic E-state index is 0.0659. The Bertz CT molecular complexity index is 1500. The Hall–Kier alpha value is -3.66. The van der Waals surface area contributed by atoms with Crippen molar-refractivity contribution < 1.29 is 41.7 Å². The molecule has 1 fully saturated rings. The predicted molar refractivity (Wildman–Crippen MR) is 143 cm³/mol. The molecule has 1 aromatic heterocycles. The molecule has 2 aromatic carbocycles. The smallest absolute Gasteiger partial charge is 0.422 e. The van der Waals surface area contributed by atoms with E-state index in [1.54, 1.807) is 6.07 Å². The third-order valence-electron chi connectivity index (χ3n) is 7.62. The molecule has 41 heavy (non-hydrogen) atoms. The quantitative estimate of drug-likeness (QED) is 0.223. The predicted octanol–water partition coefficient (Wildman–Crippen LogP) is 6.83. The number of pyridine rings is 1. The van der Waals surface area contributed by atoms with Gasteiger partial charge in [0.05, 0.1) is 25.5 Å². The molecule has 1 unspecified atom stereocenters. The van der Waals surface area contributed by atoms with Gasteiger partial charge in [-0.05, 0) is 74.2 Å². The molecule has 0 bridgehead atoms. The molecule has 1 N–H and O–H groups in total. The molecule has 1 aliphatic carbocycles. The molecule has 3 aromatic rings. The number of Topliss-reactive ketones (excluding diaryl/α,β-unsaturated/α-hetero) is 1. The van der Waals surface area contributed by atoms with Crippen LogP contribution in [-0.2, 0) is 11.0 Å². The number of rotatable bonds is 9. The zero-order chi connectivity index (χ0) is 29.7. The van der Waals surface area contributed by atoms with E-state index in [1.807, 2.05) is 13.8 Å². The number of carbonyl (C=O) groups excluding carboxylic acids is 1. The van der Waals surface area contributed by atoms with Crippen molar-refractivity contribution in [1.29, 1.82) is 0 Å². The second kappa shape index (κ2) is 10.3. The number of methoxy groups -OCH3 is 1. The summed E-state index contributed by atoms with van der Waals surface area (Å²) < 4.78 is 74.8. The second-order valence-corrected chi connectivity index (χ2v) is 11.3. The standard InChI is InChI=1S/C31H31F4NO5/c1-17-13-19(5-9-22(17)32)27-28-21(29(2,3)16-40-28)15-26(36-27)30(38,31(33,34)35)12-11-23(37)18-6-10-24(25(14-18)39-4)41-20-7-8-20/h5-6,9-10,13-15,20,38H,7-8,11-12,16H2,1-4H3. The highest BCUT2D eigenvalue weighted by molar-refractivity contribution is 5.96. The van der Waals surface area contributed by atoms with Gasteiger partial charge in [0.15, 0.2) is 17.3 Å². The summed E-state index contributed by atoms with van der Waals surface area (Å²) in [6.07, 6.45) is -4.82. The Kier molecular flexibility index (Phi) is 7.26. The van der Waals surface area contributed by atoms with Gasteiger partial charge in [0.25, 0.3) is 0 Å². The lowest BCUT2D eigenvalue weighted by Gasteiger charge is -2.31. The Morgan fingerprint density at radius 2 is 1.85 bits per heavy atom. The SMILES string of the molecule is COc1cc(C(=O)CCC(O)(c2cc3c(c(-c4ccc(F)c(C)c4)n2)OCC3(C)C)C(F)(F)F)ccc1OC1CC1. The summed E-state index contributed by atoms with van der Waals surface area (Å²) in [5, 5.41) is 11.3. The van der Waals surface area contributed by atoms with E-state index >= 15 is 0 Å². The topological polar surface area (TPSA) is 77.9 Å². The largest absolute Gasteiger partial charge is 0.493 e. The highest BCUT2D eigenvalue weighted by atomic mass is 19.4. The number of hydrogen-bond donors (Lipinski definition) is 1. The molecule has 1 saturated carbocycles. The van der Waals surface area contributed by atoms with Crippen LogP contribution in [0, 0.1) is 12.7 Å². The summed E-state index contributed by atoms with van der Waals surface area (Å²) in [6.45, 7) is 5.34. The Labute approximate surface area is 235 Å². The van der Waals surface area contributed by atoms with Crippen molar-refractivity contribution in [3.63, 3.8) is 0 Å². The van der Waals surface area contributed by atoms with Crippen molar-refractivity contribution in [3.8, 4) is 28.5 Å². The first kappa shape index (κ1) is 28.9. The lowest BCUT2D eigenvalue weighted by atomic mass is 9.83. The number of carbonyl (C=O) groups is 1. The van der Waals surface area contributed by atoms with Crippen molar-refractivity contribution in [2.45, 2.75) is 69.8 Å². The summed E-state index contributed by atoms with van der Waals surface area (Å²) in [5.74, 6) is -0.0457. The number of hydrogen-bond acceptors (Lipinski definition) is 6. The van der Waals surface area contributed by atoms with E-state index in [2.05, 4.69) is 4.98 Å². The number of aromatic nitrogens is 1. The Morgan fingerprint density at radius 3 is 2.49 bits per heavy atom. The van der Waals surface area contributed by atoms with Crippen molar-refractivity contribution in [1.82, 2.24) is 4.98 Å². The fourth-order valence-electron chi connectivity index (χ4n) is 4.87. The van der Waals surface area contributed by atoms with Gasteiger partial charge in [0.1, 0.15) is 17.3 Å². The summed E-state index contributed by atoms with van der Waals surface area (Å²) in [7, 11) is 1.41. The van der Waals surface area contributed by atoms with Gasteiger partial charge in [-0.3, -0.25) is 4.79 Å². The summed E-state index contributed by atoms with van der Waals surface area (Å²) in [5.41, 5.74) is -3.52. The molecule has 2 heterocycles. The van der Waals surface area contributed by atoms with Crippen molar-refractivity contribution in [2.24, 2.45) is 0 Å². The average Bonchev–Trinajstić information content (AvgIpc) is 3.69. The Morgan fingerprint density at radius 1 is 1.12 bits per heavy atom. The first-order valence-corrected chi connectivity index (χ1v) is 13.4. The van der Waals surface area contributed by atoms with Crippen LogP contribution in [0.3, 0.4) is 0 Å². The van der Waals surface area contributed by atoms with Crippen molar-refractivity contribution in [2.75, 3.05) is 13.7 Å². The summed E-state index contributed by atoms with van der Waals surface area (Å²) in [6, 6.07) is 9.73. The first-order valence-electron chi connectivity index (χ1n) is 13.4. The van der Waals surface area contributed by atoms with E-state index in [-0.39, 0.29) is 35.3 Å². The number of aliphatic hydroxyl groups is 1. The zero-order valence-corrected chi connectivity index (χ0v) is 23.2. The highest BCUT2D eigenvalue weighted by Crippen LogP contribution is 2.49. The molecule has 1 aliphatic heterocycles. The van der Waals surface area contributed by atoms with Crippen molar-refractivity contribution >= 4 is 5.78 Å². The van der Waals surface area contributed by atoms with Gasteiger partial charge in [0, 0.05) is 28.5 Å². The van der Waals surface area contributed by atoms with Crippen LogP contribution in [0.15, 0.2) is 42.5 Å². The van der Waals surface area contributed by atoms with Gasteiger partial charge in [0.2, 0.25) is 5.60 Å². The van der Waals surface area contributed by atoms with E-state index in [1.165, 1.54) is 50.4 Å². The van der Waals surface area contributed by atoms with Crippen LogP contribution < -0.4 is 14.2 Å². The van der Waals surface area contributed by atoms with Crippen LogP contribution in [0.4, 0.5) is 17.6 Å². The van der Waals surface area contributed by atoms with Gasteiger partial charge in [-0.1, -0.05) is 13.8 Å². The molecule has 1 atom stereocenters. The maximum Gasteiger partial charge on any atom is 0.422 e. The van der Waals surface area contributed by atoms with Crippen molar-refractivity contribution in [3.05, 3.63) is 70.7 Å². The second-order valence-electron chi connectivity index (χ2n) is 11.3. The van der Waals surface area contributed by atoms with E-state index in [0.29, 0.717) is 22.6 Å². The molecule has 0 saturated heterocycles. The number of benzene rings is 2. The van der Waals surface area contributed by atoms with Crippen LogP contribution in [0.25, 0.3) is 11.3 Å². The molecule has 5 rings (SSSR count). The maximum atomic E-state index is 14.6. The molecular formula is C31H31F4NO5. The normalized spacial score (nSPS) is 17.4. The number of halogens is 4. The van der Waals surface area contributed by atoms with Crippen LogP contribution in [-0.4, -0.2) is 41.9 Å². The van der Waals surface area contributed by atoms with E-state index in [4.69, 9.17) is 14.2 Å². The lowest BCUT2D eigenvalue weighted by Crippen LogP contribution is -2.43. The third kappa shape index (κ3) is 5.49. The molecule has 0 spiro atoms. The van der Waals surface area contributed by atoms with Crippen LogP contribution in [0.1, 0.15) is 66.7 Å². The molecule has 0 amide bonds. The van der Waals surface area contributed by atoms with Crippen LogP contribution in [0.2, 0.25) is 0 Å². The van der Waals surface area contributed by atoms with Crippen LogP contribution >= 0.6 is 0 Å². The van der Waals surface area contributed by atoms with E-state index < -0.39 is 47.3 Å². The van der Waals surface area contributed by atoms with Gasteiger partial charge in [-0.25, -0.2) is 9.37 Å². The number of alkyl halides is 3. The monoisotopic (exact) mass is 573 g/mol. The zero-order valence-electron chi connectivity index (χ0n) is 23.2. The number of nitrogens with zero attached hydrogens (tertiary/aromatic N) is 1. The summed E-state index contributed by atoms with van der Waals surface area (Å²) in [4.78, 5) is 17.3. The lowest BCUT2D eigenvalue weighted by molar-refractivity contribution is -0.270. The molecule has 10 heteroatoms. The minimum atomic E-state index is -5.16. The Balaban J connectivity index is 1.51. The van der Waals surface area contributed by atoms with E-state index in [0.717, 1.165) is 12.8 Å². The molecule has 218 valence electrons. The molecular weight excluding hydrogens is 542 g/mol. The van der Waals surface area contributed by atoms with Gasteiger partial charge in [-0.15, -0.1) is 0 Å². The number of aryl methyl sites for hydroxylation is 1. The van der Waals surface area contributed by atoms with E-state index in [9.17, 15) is 27.5 Å². The number of ketones is 1. The fraction of sp³-hybridized carbons (Fsp3) is 0.419. The van der Waals surface area contributed by atoms with Crippen LogP contribution in [0.5, 0.6) is 17.2 Å². The molecule has 0 radical (unpaired) electrons. The highest BCUT2D eigenvalue weighted by Gasteiger charge is 2.56. The van der Waals surface area contributed by atoms with Gasteiger partial charge in [-0.2, -0.15) is 13.2 Å². The maximum absolute atomic E-state index is 14.6. The molecule has 6 nitrogen and oxygen atoms in total. The first-order chi connectivity index (χ1) is 19.2.